The molecule has 0 aliphatic carbocycles. The molecule has 2 rings (SSSR count). The minimum atomic E-state index is -0.0690. The Hall–Kier alpha value is -2.42. The van der Waals surface area contributed by atoms with Gasteiger partial charge >= 0.3 is 0 Å². The second-order valence-corrected chi connectivity index (χ2v) is 3.61. The third-order valence-corrected chi connectivity index (χ3v) is 2.28. The first-order valence-corrected chi connectivity index (χ1v) is 5.24. The molecule has 3 nitrogen and oxygen atoms in total. The van der Waals surface area contributed by atoms with E-state index in [9.17, 15) is 4.79 Å². The van der Waals surface area contributed by atoms with Gasteiger partial charge in [0.15, 0.2) is 5.78 Å². The molecule has 2 N–H and O–H groups in total. The first-order chi connectivity index (χ1) is 8.25. The Labute approximate surface area is 99.6 Å². The van der Waals surface area contributed by atoms with Gasteiger partial charge in [0.1, 0.15) is 0 Å². The maximum atomic E-state index is 11.7. The molecule has 0 aliphatic rings. The van der Waals surface area contributed by atoms with E-state index in [1.54, 1.807) is 36.7 Å². The van der Waals surface area contributed by atoms with Crippen molar-refractivity contribution in [1.29, 1.82) is 0 Å². The fourth-order valence-electron chi connectivity index (χ4n) is 1.44. The zero-order valence-corrected chi connectivity index (χ0v) is 9.21. The number of rotatable bonds is 3. The number of pyridine rings is 1. The number of hydrogen-bond donors (Lipinski definition) is 1. The summed E-state index contributed by atoms with van der Waals surface area (Å²) in [6.45, 7) is 0. The van der Waals surface area contributed by atoms with Gasteiger partial charge in [-0.2, -0.15) is 0 Å². The number of carbonyl (C=O) groups excluding carboxylic acids is 1. The molecular formula is C14H12N2O. The molecule has 84 valence electrons. The molecular weight excluding hydrogens is 212 g/mol. The van der Waals surface area contributed by atoms with E-state index < -0.39 is 0 Å². The van der Waals surface area contributed by atoms with Crippen LogP contribution in [0.5, 0.6) is 0 Å². The van der Waals surface area contributed by atoms with E-state index in [4.69, 9.17) is 5.73 Å². The van der Waals surface area contributed by atoms with Gasteiger partial charge in [-0.15, -0.1) is 0 Å². The molecule has 0 bridgehead atoms. The third kappa shape index (κ3) is 3.01. The Morgan fingerprint density at radius 2 is 2.12 bits per heavy atom. The van der Waals surface area contributed by atoms with Gasteiger partial charge < -0.3 is 5.73 Å². The van der Waals surface area contributed by atoms with Crippen LogP contribution < -0.4 is 5.73 Å². The number of carbonyl (C=O) groups is 1. The summed E-state index contributed by atoms with van der Waals surface area (Å²) < 4.78 is 0. The summed E-state index contributed by atoms with van der Waals surface area (Å²) in [6, 6.07) is 10.8. The SMILES string of the molecule is Nc1cccc(C=CC(=O)c2cccnc2)c1. The average molecular weight is 224 g/mol. The molecule has 0 saturated carbocycles. The first kappa shape index (κ1) is 11.1. The molecule has 0 unspecified atom stereocenters. The lowest BCUT2D eigenvalue weighted by Crippen LogP contribution is -1.94. The van der Waals surface area contributed by atoms with Crippen LogP contribution in [0.25, 0.3) is 6.08 Å². The topological polar surface area (TPSA) is 56.0 Å². The highest BCUT2D eigenvalue weighted by molar-refractivity contribution is 6.06. The van der Waals surface area contributed by atoms with Gasteiger partial charge in [-0.05, 0) is 35.9 Å². The first-order valence-electron chi connectivity index (χ1n) is 5.24. The Morgan fingerprint density at radius 3 is 2.82 bits per heavy atom. The summed E-state index contributed by atoms with van der Waals surface area (Å²) in [5, 5.41) is 0. The van der Waals surface area contributed by atoms with Crippen LogP contribution >= 0.6 is 0 Å². The number of anilines is 1. The van der Waals surface area contributed by atoms with E-state index in [1.165, 1.54) is 6.08 Å². The van der Waals surface area contributed by atoms with Gasteiger partial charge in [-0.25, -0.2) is 0 Å². The van der Waals surface area contributed by atoms with Gasteiger partial charge in [0.05, 0.1) is 0 Å². The molecule has 17 heavy (non-hydrogen) atoms. The van der Waals surface area contributed by atoms with Crippen LogP contribution in [-0.2, 0) is 0 Å². The van der Waals surface area contributed by atoms with Gasteiger partial charge in [-0.1, -0.05) is 18.2 Å². The predicted octanol–water partition coefficient (Wildman–Crippen LogP) is 2.56. The van der Waals surface area contributed by atoms with Gasteiger partial charge in [0.2, 0.25) is 0 Å². The van der Waals surface area contributed by atoms with Crippen molar-refractivity contribution in [2.45, 2.75) is 0 Å². The van der Waals surface area contributed by atoms with Crippen molar-refractivity contribution in [3.63, 3.8) is 0 Å². The Bertz CT molecular complexity index is 547. The van der Waals surface area contributed by atoms with Crippen LogP contribution in [0.4, 0.5) is 5.69 Å². The fraction of sp³-hybridized carbons (Fsp3) is 0. The van der Waals surface area contributed by atoms with Crippen molar-refractivity contribution >= 4 is 17.5 Å². The lowest BCUT2D eigenvalue weighted by Gasteiger charge is -1.96. The van der Waals surface area contributed by atoms with Gasteiger partial charge in [0, 0.05) is 23.6 Å². The summed E-state index contributed by atoms with van der Waals surface area (Å²) in [4.78, 5) is 15.6. The molecule has 1 aromatic heterocycles. The third-order valence-electron chi connectivity index (χ3n) is 2.28. The van der Waals surface area contributed by atoms with Crippen molar-refractivity contribution in [2.75, 3.05) is 5.73 Å². The smallest absolute Gasteiger partial charge is 0.187 e. The van der Waals surface area contributed by atoms with Crippen LogP contribution in [-0.4, -0.2) is 10.8 Å². The minimum absolute atomic E-state index is 0.0690. The van der Waals surface area contributed by atoms with Crippen LogP contribution in [0.3, 0.4) is 0 Å². The van der Waals surface area contributed by atoms with Gasteiger partial charge in [-0.3, -0.25) is 9.78 Å². The fourth-order valence-corrected chi connectivity index (χ4v) is 1.44. The second-order valence-electron chi connectivity index (χ2n) is 3.61. The summed E-state index contributed by atoms with van der Waals surface area (Å²) in [7, 11) is 0. The lowest BCUT2D eigenvalue weighted by atomic mass is 10.1. The molecule has 0 radical (unpaired) electrons. The number of benzene rings is 1. The van der Waals surface area contributed by atoms with E-state index in [0.717, 1.165) is 5.56 Å². The highest BCUT2D eigenvalue weighted by atomic mass is 16.1. The van der Waals surface area contributed by atoms with E-state index in [1.807, 2.05) is 18.2 Å². The van der Waals surface area contributed by atoms with Crippen LogP contribution in [0.15, 0.2) is 54.9 Å². The molecule has 0 amide bonds. The number of nitrogens with zero attached hydrogens (tertiary/aromatic N) is 1. The molecule has 1 heterocycles. The van der Waals surface area contributed by atoms with Crippen LogP contribution in [0.1, 0.15) is 15.9 Å². The predicted molar refractivity (Wildman–Crippen MR) is 68.5 cm³/mol. The standard InChI is InChI=1S/C14H12N2O/c15-13-5-1-3-11(9-13)6-7-14(17)12-4-2-8-16-10-12/h1-10H,15H2. The van der Waals surface area contributed by atoms with E-state index in [-0.39, 0.29) is 5.78 Å². The number of aromatic nitrogens is 1. The normalized spacial score (nSPS) is 10.6. The summed E-state index contributed by atoms with van der Waals surface area (Å²) in [5.74, 6) is -0.0690. The molecule has 3 heteroatoms. The molecule has 0 saturated heterocycles. The van der Waals surface area contributed by atoms with E-state index >= 15 is 0 Å². The summed E-state index contributed by atoms with van der Waals surface area (Å²) in [5.41, 5.74) is 7.81. The second kappa shape index (κ2) is 5.07. The number of hydrogen-bond acceptors (Lipinski definition) is 3. The Kier molecular flexibility index (Phi) is 3.31. The number of nitrogens with two attached hydrogens (primary N) is 1. The molecule has 0 spiro atoms. The van der Waals surface area contributed by atoms with Crippen molar-refractivity contribution < 1.29 is 4.79 Å². The highest BCUT2D eigenvalue weighted by Gasteiger charge is 1.99. The molecule has 0 fully saturated rings. The van der Waals surface area contributed by atoms with E-state index in [2.05, 4.69) is 4.98 Å². The molecule has 0 aliphatic heterocycles. The van der Waals surface area contributed by atoms with Crippen molar-refractivity contribution in [1.82, 2.24) is 4.98 Å². The minimum Gasteiger partial charge on any atom is -0.399 e. The summed E-state index contributed by atoms with van der Waals surface area (Å²) in [6.07, 6.45) is 6.45. The largest absolute Gasteiger partial charge is 0.399 e. The lowest BCUT2D eigenvalue weighted by molar-refractivity contribution is 0.104. The van der Waals surface area contributed by atoms with Crippen molar-refractivity contribution in [3.05, 3.63) is 66.0 Å². The van der Waals surface area contributed by atoms with Crippen molar-refractivity contribution in [3.8, 4) is 0 Å². The number of allylic oxidation sites excluding steroid dienone is 1. The Balaban J connectivity index is 2.14. The van der Waals surface area contributed by atoms with Crippen molar-refractivity contribution in [2.24, 2.45) is 0 Å². The van der Waals surface area contributed by atoms with Crippen LogP contribution in [0, 0.1) is 0 Å². The summed E-state index contributed by atoms with van der Waals surface area (Å²) >= 11 is 0. The zero-order chi connectivity index (χ0) is 12.1. The zero-order valence-electron chi connectivity index (χ0n) is 9.21. The molecule has 2 aromatic rings. The van der Waals surface area contributed by atoms with Gasteiger partial charge in [0.25, 0.3) is 0 Å². The monoisotopic (exact) mass is 224 g/mol. The number of ketones is 1. The van der Waals surface area contributed by atoms with E-state index in [0.29, 0.717) is 11.3 Å². The highest BCUT2D eigenvalue weighted by Crippen LogP contribution is 2.09. The average Bonchev–Trinajstić information content (AvgIpc) is 2.37. The maximum Gasteiger partial charge on any atom is 0.187 e. The molecule has 0 atom stereocenters. The molecule has 1 aromatic carbocycles. The quantitative estimate of drug-likeness (QED) is 0.495. The van der Waals surface area contributed by atoms with Crippen LogP contribution in [0.2, 0.25) is 0 Å². The Morgan fingerprint density at radius 1 is 1.24 bits per heavy atom. The maximum absolute atomic E-state index is 11.7. The number of nitrogen functional groups attached to an aromatic ring is 1.